The first kappa shape index (κ1) is 17.8. The van der Waals surface area contributed by atoms with E-state index < -0.39 is 17.9 Å². The van der Waals surface area contributed by atoms with Gasteiger partial charge in [0.25, 0.3) is 0 Å². The van der Waals surface area contributed by atoms with Crippen LogP contribution in [0.3, 0.4) is 0 Å². The predicted molar refractivity (Wildman–Crippen MR) is 91.8 cm³/mol. The molecule has 0 spiro atoms. The van der Waals surface area contributed by atoms with Crippen molar-refractivity contribution in [2.24, 2.45) is 5.92 Å². The normalized spacial score (nSPS) is 25.0. The number of carbonyl (C=O) groups is 2. The number of rotatable bonds is 5. The molecule has 3 rings (SSSR count). The molecular weight excluding hydrogens is 318 g/mol. The predicted octanol–water partition coefficient (Wildman–Crippen LogP) is 2.45. The largest absolute Gasteiger partial charge is 0.550 e. The molecule has 0 radical (unpaired) electrons. The Morgan fingerprint density at radius 3 is 2.44 bits per heavy atom. The van der Waals surface area contributed by atoms with Gasteiger partial charge in [0.2, 0.25) is 5.91 Å². The lowest BCUT2D eigenvalue weighted by atomic mass is 9.81. The minimum absolute atomic E-state index is 0.0725. The summed E-state index contributed by atoms with van der Waals surface area (Å²) in [6.07, 6.45) is 5.94. The van der Waals surface area contributed by atoms with Crippen molar-refractivity contribution >= 4 is 11.9 Å². The second kappa shape index (κ2) is 7.89. The second-order valence-electron chi connectivity index (χ2n) is 7.00. The average Bonchev–Trinajstić information content (AvgIpc) is 2.63. The summed E-state index contributed by atoms with van der Waals surface area (Å²) in [7, 11) is 0. The van der Waals surface area contributed by atoms with Crippen LogP contribution in [-0.4, -0.2) is 29.4 Å². The van der Waals surface area contributed by atoms with Gasteiger partial charge in [0.15, 0.2) is 0 Å². The monoisotopic (exact) mass is 344 g/mol. The van der Waals surface area contributed by atoms with Crippen LogP contribution in [0.1, 0.15) is 63.5 Å². The van der Waals surface area contributed by atoms with Crippen LogP contribution in [-0.2, 0) is 9.59 Å². The fraction of sp³-hybridized carbons (Fsp3) is 0.600. The summed E-state index contributed by atoms with van der Waals surface area (Å²) < 4.78 is 5.48. The Morgan fingerprint density at radius 1 is 1.16 bits per heavy atom. The van der Waals surface area contributed by atoms with E-state index in [4.69, 9.17) is 4.74 Å². The SMILES string of the molecule is CCOc1ccc([C@@H]2[C@H](C(=O)[O-])CCC(=O)N2C2CCCCC2)cc1. The van der Waals surface area contributed by atoms with Gasteiger partial charge in [0, 0.05) is 24.3 Å². The first-order valence-electron chi connectivity index (χ1n) is 9.36. The molecule has 2 atom stereocenters. The van der Waals surface area contributed by atoms with Crippen LogP contribution in [0.5, 0.6) is 5.75 Å². The van der Waals surface area contributed by atoms with Crippen molar-refractivity contribution in [3.63, 3.8) is 0 Å². The molecule has 0 bridgehead atoms. The number of benzene rings is 1. The third-order valence-corrected chi connectivity index (χ3v) is 5.44. The molecule has 2 fully saturated rings. The van der Waals surface area contributed by atoms with Crippen LogP contribution in [0.25, 0.3) is 0 Å². The summed E-state index contributed by atoms with van der Waals surface area (Å²) in [6, 6.07) is 7.18. The minimum atomic E-state index is -1.06. The first-order valence-corrected chi connectivity index (χ1v) is 9.36. The van der Waals surface area contributed by atoms with E-state index in [9.17, 15) is 14.7 Å². The fourth-order valence-corrected chi connectivity index (χ4v) is 4.27. The van der Waals surface area contributed by atoms with Crippen LogP contribution in [0, 0.1) is 5.92 Å². The Labute approximate surface area is 149 Å². The van der Waals surface area contributed by atoms with Gasteiger partial charge < -0.3 is 19.5 Å². The molecule has 0 aromatic heterocycles. The topological polar surface area (TPSA) is 69.7 Å². The molecule has 1 saturated carbocycles. The molecule has 1 aliphatic carbocycles. The van der Waals surface area contributed by atoms with Crippen LogP contribution in [0.2, 0.25) is 0 Å². The quantitative estimate of drug-likeness (QED) is 0.823. The first-order chi connectivity index (χ1) is 12.1. The Hall–Kier alpha value is -2.04. The van der Waals surface area contributed by atoms with Gasteiger partial charge in [-0.2, -0.15) is 0 Å². The minimum Gasteiger partial charge on any atom is -0.550 e. The lowest BCUT2D eigenvalue weighted by molar-refractivity contribution is -0.314. The fourth-order valence-electron chi connectivity index (χ4n) is 4.27. The highest BCUT2D eigenvalue weighted by atomic mass is 16.5. The number of hydrogen-bond acceptors (Lipinski definition) is 4. The van der Waals surface area contributed by atoms with Crippen LogP contribution in [0.4, 0.5) is 0 Å². The molecule has 25 heavy (non-hydrogen) atoms. The number of carbonyl (C=O) groups excluding carboxylic acids is 2. The van der Waals surface area contributed by atoms with E-state index >= 15 is 0 Å². The number of carboxylic acid groups (broad SMARTS) is 1. The van der Waals surface area contributed by atoms with E-state index in [1.807, 2.05) is 36.1 Å². The molecule has 1 heterocycles. The van der Waals surface area contributed by atoms with E-state index in [-0.39, 0.29) is 11.9 Å². The maximum Gasteiger partial charge on any atom is 0.223 e. The van der Waals surface area contributed by atoms with Crippen LogP contribution >= 0.6 is 0 Å². The molecule has 5 nitrogen and oxygen atoms in total. The van der Waals surface area contributed by atoms with E-state index in [1.54, 1.807) is 0 Å². The summed E-state index contributed by atoms with van der Waals surface area (Å²) in [5.74, 6) is -0.893. The van der Waals surface area contributed by atoms with E-state index in [0.717, 1.165) is 37.0 Å². The van der Waals surface area contributed by atoms with Crippen molar-refractivity contribution in [3.05, 3.63) is 29.8 Å². The number of nitrogens with zero attached hydrogens (tertiary/aromatic N) is 1. The van der Waals surface area contributed by atoms with Gasteiger partial charge in [-0.3, -0.25) is 4.79 Å². The molecule has 0 unspecified atom stereocenters. The van der Waals surface area contributed by atoms with E-state index in [0.29, 0.717) is 19.4 Å². The number of likely N-dealkylation sites (tertiary alicyclic amines) is 1. The molecule has 1 aliphatic heterocycles. The van der Waals surface area contributed by atoms with Crippen molar-refractivity contribution in [2.45, 2.75) is 64.0 Å². The molecule has 2 aliphatic rings. The number of hydrogen-bond donors (Lipinski definition) is 0. The molecule has 1 aromatic carbocycles. The van der Waals surface area contributed by atoms with E-state index in [1.165, 1.54) is 6.42 Å². The Bertz CT molecular complexity index is 607. The molecule has 1 amide bonds. The van der Waals surface area contributed by atoms with Crippen molar-refractivity contribution in [2.75, 3.05) is 6.61 Å². The number of amides is 1. The van der Waals surface area contributed by atoms with Crippen molar-refractivity contribution < 1.29 is 19.4 Å². The zero-order chi connectivity index (χ0) is 17.8. The molecule has 5 heteroatoms. The van der Waals surface area contributed by atoms with Crippen molar-refractivity contribution in [1.29, 1.82) is 0 Å². The van der Waals surface area contributed by atoms with Crippen molar-refractivity contribution in [1.82, 2.24) is 4.90 Å². The highest BCUT2D eigenvalue weighted by Crippen LogP contribution is 2.41. The lowest BCUT2D eigenvalue weighted by Gasteiger charge is -2.47. The Morgan fingerprint density at radius 2 is 1.84 bits per heavy atom. The van der Waals surface area contributed by atoms with Gasteiger partial charge >= 0.3 is 0 Å². The second-order valence-corrected chi connectivity index (χ2v) is 7.00. The van der Waals surface area contributed by atoms with Gasteiger partial charge in [-0.05, 0) is 43.9 Å². The molecule has 136 valence electrons. The average molecular weight is 344 g/mol. The third kappa shape index (κ3) is 3.80. The molecule has 1 aromatic rings. The highest BCUT2D eigenvalue weighted by molar-refractivity contribution is 5.81. The van der Waals surface area contributed by atoms with Gasteiger partial charge in [-0.25, -0.2) is 0 Å². The third-order valence-electron chi connectivity index (χ3n) is 5.44. The maximum absolute atomic E-state index is 12.7. The van der Waals surface area contributed by atoms with Gasteiger partial charge in [-0.1, -0.05) is 31.4 Å². The van der Waals surface area contributed by atoms with Crippen LogP contribution < -0.4 is 9.84 Å². The summed E-state index contributed by atoms with van der Waals surface area (Å²) >= 11 is 0. The van der Waals surface area contributed by atoms with Gasteiger partial charge in [0.05, 0.1) is 12.6 Å². The number of piperidine rings is 1. The highest BCUT2D eigenvalue weighted by Gasteiger charge is 2.41. The standard InChI is InChI=1S/C20H27NO4/c1-2-25-16-10-8-14(9-11-16)19-17(20(23)24)12-13-18(22)21(19)15-6-4-3-5-7-15/h8-11,15,17,19H,2-7,12-13H2,1H3,(H,23,24)/p-1/t17-,19-/m1/s1. The summed E-state index contributed by atoms with van der Waals surface area (Å²) in [6.45, 7) is 2.50. The Kier molecular flexibility index (Phi) is 5.61. The summed E-state index contributed by atoms with van der Waals surface area (Å²) in [5, 5.41) is 11.8. The number of aliphatic carboxylic acids is 1. The molecular formula is C20H26NO4-. The van der Waals surface area contributed by atoms with Crippen molar-refractivity contribution in [3.8, 4) is 5.75 Å². The molecule has 0 N–H and O–H groups in total. The number of carboxylic acids is 1. The lowest BCUT2D eigenvalue weighted by Crippen LogP contribution is -2.53. The smallest absolute Gasteiger partial charge is 0.223 e. The molecule has 1 saturated heterocycles. The Balaban J connectivity index is 1.94. The van der Waals surface area contributed by atoms with E-state index in [2.05, 4.69) is 0 Å². The summed E-state index contributed by atoms with van der Waals surface area (Å²) in [5.41, 5.74) is 0.858. The zero-order valence-electron chi connectivity index (χ0n) is 14.8. The van der Waals surface area contributed by atoms with Gasteiger partial charge in [0.1, 0.15) is 5.75 Å². The number of ether oxygens (including phenoxy) is 1. The van der Waals surface area contributed by atoms with Gasteiger partial charge in [-0.15, -0.1) is 0 Å². The van der Waals surface area contributed by atoms with Crippen LogP contribution in [0.15, 0.2) is 24.3 Å². The summed E-state index contributed by atoms with van der Waals surface area (Å²) in [4.78, 5) is 26.3. The zero-order valence-corrected chi connectivity index (χ0v) is 14.8. The maximum atomic E-state index is 12.7.